The molecule has 0 saturated carbocycles. The first-order valence-electron chi connectivity index (χ1n) is 9.02. The number of amides is 1. The molecule has 2 atom stereocenters. The second kappa shape index (κ2) is 8.39. The first kappa shape index (κ1) is 19.2. The zero-order valence-corrected chi connectivity index (χ0v) is 16.5. The summed E-state index contributed by atoms with van der Waals surface area (Å²) in [5, 5.41) is 3.82. The molecule has 0 radical (unpaired) electrons. The summed E-state index contributed by atoms with van der Waals surface area (Å²) in [6.45, 7) is 6.21. The molecule has 0 aliphatic heterocycles. The third kappa shape index (κ3) is 4.22. The van der Waals surface area contributed by atoms with Crippen molar-refractivity contribution in [1.29, 1.82) is 0 Å². The van der Waals surface area contributed by atoms with E-state index in [1.54, 1.807) is 10.6 Å². The maximum Gasteiger partial charge on any atom is 0.262 e. The molecule has 1 amide bonds. The van der Waals surface area contributed by atoms with Crippen molar-refractivity contribution < 1.29 is 4.79 Å². The maximum atomic E-state index is 12.7. The number of para-hydroxylation sites is 1. The second-order valence-corrected chi connectivity index (χ2v) is 7.67. The van der Waals surface area contributed by atoms with Crippen molar-refractivity contribution in [2.45, 2.75) is 43.8 Å². The molecule has 0 saturated heterocycles. The number of nitrogens with zero attached hydrogens (tertiary/aromatic N) is 2. The van der Waals surface area contributed by atoms with Crippen molar-refractivity contribution >= 4 is 28.6 Å². The average molecular weight is 382 g/mol. The summed E-state index contributed by atoms with van der Waals surface area (Å²) in [6.07, 6.45) is 0. The summed E-state index contributed by atoms with van der Waals surface area (Å²) < 4.78 is 1.62. The van der Waals surface area contributed by atoms with E-state index in [1.807, 2.05) is 69.3 Å². The van der Waals surface area contributed by atoms with Gasteiger partial charge in [-0.15, -0.1) is 0 Å². The molecule has 3 rings (SSSR count). The predicted octanol–water partition coefficient (Wildman–Crippen LogP) is 3.77. The van der Waals surface area contributed by atoms with Gasteiger partial charge in [-0.3, -0.25) is 14.2 Å². The van der Waals surface area contributed by atoms with Crippen LogP contribution in [-0.2, 0) is 11.3 Å². The highest BCUT2D eigenvalue weighted by molar-refractivity contribution is 8.00. The van der Waals surface area contributed by atoms with Gasteiger partial charge in [0.25, 0.3) is 5.56 Å². The molecule has 27 heavy (non-hydrogen) atoms. The zero-order chi connectivity index (χ0) is 19.4. The van der Waals surface area contributed by atoms with Crippen LogP contribution in [-0.4, -0.2) is 20.7 Å². The fourth-order valence-corrected chi connectivity index (χ4v) is 3.87. The van der Waals surface area contributed by atoms with E-state index < -0.39 is 0 Å². The Balaban J connectivity index is 1.80. The fraction of sp³-hybridized carbons (Fsp3) is 0.286. The quantitative estimate of drug-likeness (QED) is 0.521. The average Bonchev–Trinajstić information content (AvgIpc) is 2.69. The van der Waals surface area contributed by atoms with Crippen LogP contribution >= 0.6 is 11.8 Å². The third-order valence-electron chi connectivity index (χ3n) is 4.45. The second-order valence-electron chi connectivity index (χ2n) is 6.36. The third-order valence-corrected chi connectivity index (χ3v) is 5.54. The number of hydrogen-bond donors (Lipinski definition) is 1. The molecule has 5 nitrogen and oxygen atoms in total. The number of fused-ring (bicyclic) bond motifs is 1. The molecule has 1 heterocycles. The number of thioether (sulfide) groups is 1. The van der Waals surface area contributed by atoms with Crippen molar-refractivity contribution in [3.05, 3.63) is 70.5 Å². The highest BCUT2D eigenvalue weighted by atomic mass is 32.2. The first-order valence-corrected chi connectivity index (χ1v) is 9.90. The van der Waals surface area contributed by atoms with Gasteiger partial charge in [0.15, 0.2) is 5.16 Å². The van der Waals surface area contributed by atoms with Crippen LogP contribution in [0.1, 0.15) is 32.4 Å². The van der Waals surface area contributed by atoms with E-state index in [2.05, 4.69) is 10.3 Å². The number of carbonyl (C=O) groups is 1. The van der Waals surface area contributed by atoms with E-state index >= 15 is 0 Å². The minimum Gasteiger partial charge on any atom is -0.349 e. The molecular formula is C21H23N3O2S. The molecule has 0 aliphatic carbocycles. The topological polar surface area (TPSA) is 64.0 Å². The fourth-order valence-electron chi connectivity index (χ4n) is 2.88. The Bertz CT molecular complexity index is 1000. The van der Waals surface area contributed by atoms with E-state index in [4.69, 9.17) is 0 Å². The van der Waals surface area contributed by atoms with Crippen LogP contribution in [0.25, 0.3) is 10.9 Å². The smallest absolute Gasteiger partial charge is 0.262 e. The van der Waals surface area contributed by atoms with E-state index in [0.717, 1.165) is 5.56 Å². The first-order chi connectivity index (χ1) is 13.0. The Hall–Kier alpha value is -2.60. The number of aromatic nitrogens is 2. The van der Waals surface area contributed by atoms with Crippen LogP contribution < -0.4 is 10.9 Å². The minimum atomic E-state index is -0.373. The van der Waals surface area contributed by atoms with E-state index in [1.165, 1.54) is 11.8 Å². The molecule has 2 aromatic carbocycles. The van der Waals surface area contributed by atoms with Gasteiger partial charge in [0, 0.05) is 6.54 Å². The van der Waals surface area contributed by atoms with Crippen molar-refractivity contribution in [2.75, 3.05) is 0 Å². The lowest BCUT2D eigenvalue weighted by Crippen LogP contribution is -2.33. The van der Waals surface area contributed by atoms with Gasteiger partial charge in [0.05, 0.1) is 22.2 Å². The molecule has 0 fully saturated rings. The van der Waals surface area contributed by atoms with Crippen LogP contribution in [0.3, 0.4) is 0 Å². The van der Waals surface area contributed by atoms with Crippen LogP contribution in [0.4, 0.5) is 0 Å². The van der Waals surface area contributed by atoms with E-state index in [9.17, 15) is 9.59 Å². The molecule has 0 spiro atoms. The van der Waals surface area contributed by atoms with Crippen molar-refractivity contribution in [2.24, 2.45) is 0 Å². The van der Waals surface area contributed by atoms with Crippen LogP contribution in [0, 0.1) is 0 Å². The van der Waals surface area contributed by atoms with Gasteiger partial charge < -0.3 is 5.32 Å². The lowest BCUT2D eigenvalue weighted by molar-refractivity contribution is -0.120. The molecule has 0 bridgehead atoms. The van der Waals surface area contributed by atoms with Crippen molar-refractivity contribution in [3.63, 3.8) is 0 Å². The number of carbonyl (C=O) groups excluding carboxylic acids is 1. The van der Waals surface area contributed by atoms with Crippen LogP contribution in [0.2, 0.25) is 0 Å². The summed E-state index contributed by atoms with van der Waals surface area (Å²) in [6, 6.07) is 17.0. The molecule has 0 aliphatic rings. The number of benzene rings is 2. The Morgan fingerprint density at radius 1 is 1.11 bits per heavy atom. The summed E-state index contributed by atoms with van der Waals surface area (Å²) in [5.41, 5.74) is 1.63. The number of rotatable bonds is 6. The van der Waals surface area contributed by atoms with Crippen LogP contribution in [0.5, 0.6) is 0 Å². The summed E-state index contributed by atoms with van der Waals surface area (Å²) >= 11 is 1.31. The summed E-state index contributed by atoms with van der Waals surface area (Å²) in [7, 11) is 0. The molecule has 1 aromatic heterocycles. The molecule has 3 aromatic rings. The summed E-state index contributed by atoms with van der Waals surface area (Å²) in [4.78, 5) is 29.9. The van der Waals surface area contributed by atoms with Crippen LogP contribution in [0.15, 0.2) is 64.5 Å². The van der Waals surface area contributed by atoms with E-state index in [0.29, 0.717) is 22.6 Å². The van der Waals surface area contributed by atoms with Gasteiger partial charge in [-0.2, -0.15) is 0 Å². The van der Waals surface area contributed by atoms with Gasteiger partial charge in [-0.25, -0.2) is 4.98 Å². The largest absolute Gasteiger partial charge is 0.349 e. The maximum absolute atomic E-state index is 12.7. The standard InChI is InChI=1S/C21H23N3O2S/c1-4-24-20(26)17-12-8-9-13-18(17)23-21(24)27-15(3)19(25)22-14(2)16-10-6-5-7-11-16/h5-15H,4H2,1-3H3,(H,22,25)/t14-,15+/m0/s1. The molecular weight excluding hydrogens is 358 g/mol. The lowest BCUT2D eigenvalue weighted by Gasteiger charge is -2.19. The SMILES string of the molecule is CCn1c(S[C@H](C)C(=O)N[C@@H](C)c2ccccc2)nc2ccccc2c1=O. The molecule has 140 valence electrons. The van der Waals surface area contributed by atoms with Crippen molar-refractivity contribution in [3.8, 4) is 0 Å². The van der Waals surface area contributed by atoms with Gasteiger partial charge in [-0.1, -0.05) is 54.2 Å². The Labute approximate surface area is 162 Å². The minimum absolute atomic E-state index is 0.0733. The Morgan fingerprint density at radius 3 is 2.48 bits per heavy atom. The van der Waals surface area contributed by atoms with Gasteiger partial charge in [0.1, 0.15) is 0 Å². The Morgan fingerprint density at radius 2 is 1.78 bits per heavy atom. The normalized spacial score (nSPS) is 13.3. The number of hydrogen-bond acceptors (Lipinski definition) is 4. The molecule has 6 heteroatoms. The van der Waals surface area contributed by atoms with E-state index in [-0.39, 0.29) is 22.8 Å². The zero-order valence-electron chi connectivity index (χ0n) is 15.7. The summed E-state index contributed by atoms with van der Waals surface area (Å²) in [5.74, 6) is -0.0820. The monoisotopic (exact) mass is 381 g/mol. The highest BCUT2D eigenvalue weighted by Crippen LogP contribution is 2.23. The molecule has 0 unspecified atom stereocenters. The highest BCUT2D eigenvalue weighted by Gasteiger charge is 2.20. The molecule has 1 N–H and O–H groups in total. The lowest BCUT2D eigenvalue weighted by atomic mass is 10.1. The van der Waals surface area contributed by atoms with Gasteiger partial charge in [0.2, 0.25) is 5.91 Å². The Kier molecular flexibility index (Phi) is 5.96. The number of nitrogens with one attached hydrogen (secondary N) is 1. The van der Waals surface area contributed by atoms with Crippen molar-refractivity contribution in [1.82, 2.24) is 14.9 Å². The van der Waals surface area contributed by atoms with Gasteiger partial charge in [-0.05, 0) is 38.5 Å². The predicted molar refractivity (Wildman–Crippen MR) is 110 cm³/mol. The van der Waals surface area contributed by atoms with Gasteiger partial charge >= 0.3 is 0 Å².